The fourth-order valence-corrected chi connectivity index (χ4v) is 3.85. The van der Waals surface area contributed by atoms with E-state index in [-0.39, 0.29) is 0 Å². The SMILES string of the molecule is N#Cc1ccccc1OCCN1CCC2(CCCC2)CC1. The Bertz CT molecular complexity index is 504. The van der Waals surface area contributed by atoms with E-state index in [0.29, 0.717) is 23.3 Å². The van der Waals surface area contributed by atoms with E-state index in [2.05, 4.69) is 11.0 Å². The van der Waals surface area contributed by atoms with E-state index < -0.39 is 0 Å². The quantitative estimate of drug-likeness (QED) is 0.847. The van der Waals surface area contributed by atoms with Crippen molar-refractivity contribution in [3.63, 3.8) is 0 Å². The molecule has 0 radical (unpaired) electrons. The summed E-state index contributed by atoms with van der Waals surface area (Å²) >= 11 is 0. The third kappa shape index (κ3) is 3.39. The van der Waals surface area contributed by atoms with Gasteiger partial charge in [-0.25, -0.2) is 0 Å². The smallest absolute Gasteiger partial charge is 0.137 e. The minimum atomic E-state index is 0.626. The standard InChI is InChI=1S/C18H24N2O/c19-15-16-5-1-2-6-17(16)21-14-13-20-11-9-18(10-12-20)7-3-4-8-18/h1-2,5-6H,3-4,7-14H2. The minimum Gasteiger partial charge on any atom is -0.491 e. The fraction of sp³-hybridized carbons (Fsp3) is 0.611. The van der Waals surface area contributed by atoms with Crippen LogP contribution in [0.15, 0.2) is 24.3 Å². The third-order valence-electron chi connectivity index (χ3n) is 5.25. The van der Waals surface area contributed by atoms with Gasteiger partial charge < -0.3 is 4.74 Å². The van der Waals surface area contributed by atoms with Crippen molar-refractivity contribution in [1.29, 1.82) is 5.26 Å². The summed E-state index contributed by atoms with van der Waals surface area (Å²) in [6.45, 7) is 4.06. The van der Waals surface area contributed by atoms with Crippen LogP contribution in [0.25, 0.3) is 0 Å². The molecule has 1 aromatic rings. The average molecular weight is 284 g/mol. The van der Waals surface area contributed by atoms with Crippen LogP contribution in [0.2, 0.25) is 0 Å². The molecule has 0 N–H and O–H groups in total. The molecule has 1 aliphatic heterocycles. The van der Waals surface area contributed by atoms with Crippen molar-refractivity contribution in [2.24, 2.45) is 5.41 Å². The first-order chi connectivity index (χ1) is 10.3. The first kappa shape index (κ1) is 14.4. The number of benzene rings is 1. The van der Waals surface area contributed by atoms with E-state index in [0.717, 1.165) is 6.54 Å². The summed E-state index contributed by atoms with van der Waals surface area (Å²) in [6, 6.07) is 9.65. The van der Waals surface area contributed by atoms with Crippen LogP contribution in [0.5, 0.6) is 5.75 Å². The number of hydrogen-bond acceptors (Lipinski definition) is 3. The van der Waals surface area contributed by atoms with Gasteiger partial charge in [-0.1, -0.05) is 25.0 Å². The summed E-state index contributed by atoms with van der Waals surface area (Å²) in [5, 5.41) is 9.04. The summed E-state index contributed by atoms with van der Waals surface area (Å²) in [4.78, 5) is 2.51. The highest BCUT2D eigenvalue weighted by atomic mass is 16.5. The van der Waals surface area contributed by atoms with Crippen molar-refractivity contribution in [1.82, 2.24) is 4.90 Å². The molecule has 1 heterocycles. The Labute approximate surface area is 127 Å². The molecule has 3 rings (SSSR count). The Morgan fingerprint density at radius 1 is 1.10 bits per heavy atom. The van der Waals surface area contributed by atoms with Gasteiger partial charge >= 0.3 is 0 Å². The predicted octanol–water partition coefficient (Wildman–Crippen LogP) is 3.59. The summed E-state index contributed by atoms with van der Waals surface area (Å²) in [7, 11) is 0. The minimum absolute atomic E-state index is 0.626. The van der Waals surface area contributed by atoms with Crippen LogP contribution in [0, 0.1) is 16.7 Å². The fourth-order valence-electron chi connectivity index (χ4n) is 3.85. The highest BCUT2D eigenvalue weighted by Crippen LogP contribution is 2.45. The van der Waals surface area contributed by atoms with Gasteiger partial charge in [0.25, 0.3) is 0 Å². The largest absolute Gasteiger partial charge is 0.491 e. The molecule has 0 bridgehead atoms. The lowest BCUT2D eigenvalue weighted by atomic mass is 9.77. The first-order valence-corrected chi connectivity index (χ1v) is 8.16. The van der Waals surface area contributed by atoms with Gasteiger partial charge in [0.05, 0.1) is 5.56 Å². The van der Waals surface area contributed by atoms with Crippen LogP contribution in [0.4, 0.5) is 0 Å². The molecule has 1 saturated carbocycles. The molecule has 0 amide bonds. The van der Waals surface area contributed by atoms with Crippen molar-refractivity contribution in [3.8, 4) is 11.8 Å². The van der Waals surface area contributed by atoms with Crippen molar-refractivity contribution >= 4 is 0 Å². The zero-order chi connectivity index (χ0) is 14.5. The summed E-state index contributed by atoms with van der Waals surface area (Å²) in [5.74, 6) is 0.712. The first-order valence-electron chi connectivity index (χ1n) is 8.16. The van der Waals surface area contributed by atoms with E-state index in [1.165, 1.54) is 51.6 Å². The number of piperidine rings is 1. The second kappa shape index (κ2) is 6.49. The maximum absolute atomic E-state index is 9.04. The molecule has 112 valence electrons. The molecular formula is C18H24N2O. The molecule has 3 nitrogen and oxygen atoms in total. The summed E-state index contributed by atoms with van der Waals surface area (Å²) < 4.78 is 5.78. The van der Waals surface area contributed by atoms with Gasteiger partial charge in [-0.15, -0.1) is 0 Å². The number of para-hydroxylation sites is 1. The van der Waals surface area contributed by atoms with E-state index >= 15 is 0 Å². The van der Waals surface area contributed by atoms with Gasteiger partial charge in [-0.2, -0.15) is 5.26 Å². The maximum Gasteiger partial charge on any atom is 0.137 e. The molecule has 2 fully saturated rings. The number of nitriles is 1. The van der Waals surface area contributed by atoms with Gasteiger partial charge in [0.1, 0.15) is 18.4 Å². The van der Waals surface area contributed by atoms with E-state index in [1.807, 2.05) is 18.2 Å². The Morgan fingerprint density at radius 3 is 2.52 bits per heavy atom. The predicted molar refractivity (Wildman–Crippen MR) is 83.2 cm³/mol. The number of hydrogen-bond donors (Lipinski definition) is 0. The molecule has 1 spiro atoms. The zero-order valence-electron chi connectivity index (χ0n) is 12.7. The summed E-state index contributed by atoms with van der Waals surface area (Å²) in [6.07, 6.45) is 8.51. The van der Waals surface area contributed by atoms with E-state index in [4.69, 9.17) is 10.00 Å². The normalized spacial score (nSPS) is 21.3. The molecule has 21 heavy (non-hydrogen) atoms. The lowest BCUT2D eigenvalue weighted by Crippen LogP contribution is -2.40. The molecule has 3 heteroatoms. The number of likely N-dealkylation sites (tertiary alicyclic amines) is 1. The maximum atomic E-state index is 9.04. The van der Waals surface area contributed by atoms with Gasteiger partial charge in [-0.3, -0.25) is 4.90 Å². The van der Waals surface area contributed by atoms with Crippen molar-refractivity contribution in [2.75, 3.05) is 26.2 Å². The second-order valence-electron chi connectivity index (χ2n) is 6.51. The third-order valence-corrected chi connectivity index (χ3v) is 5.25. The number of rotatable bonds is 4. The van der Waals surface area contributed by atoms with Crippen LogP contribution in [-0.4, -0.2) is 31.1 Å². The second-order valence-corrected chi connectivity index (χ2v) is 6.51. The van der Waals surface area contributed by atoms with Gasteiger partial charge in [0.2, 0.25) is 0 Å². The molecule has 1 aromatic carbocycles. The monoisotopic (exact) mass is 284 g/mol. The lowest BCUT2D eigenvalue weighted by Gasteiger charge is -2.39. The number of ether oxygens (including phenoxy) is 1. The molecule has 0 unspecified atom stereocenters. The average Bonchev–Trinajstić information content (AvgIpc) is 2.98. The van der Waals surface area contributed by atoms with E-state index in [1.54, 1.807) is 6.07 Å². The van der Waals surface area contributed by atoms with Crippen LogP contribution in [-0.2, 0) is 0 Å². The molecule has 2 aliphatic rings. The Hall–Kier alpha value is -1.53. The number of nitrogens with zero attached hydrogens (tertiary/aromatic N) is 2. The van der Waals surface area contributed by atoms with Crippen molar-refractivity contribution in [3.05, 3.63) is 29.8 Å². The molecular weight excluding hydrogens is 260 g/mol. The molecule has 1 aliphatic carbocycles. The lowest BCUT2D eigenvalue weighted by molar-refractivity contribution is 0.0961. The van der Waals surface area contributed by atoms with Gasteiger partial charge in [0.15, 0.2) is 0 Å². The van der Waals surface area contributed by atoms with Crippen LogP contribution in [0.3, 0.4) is 0 Å². The Balaban J connectivity index is 1.43. The Morgan fingerprint density at radius 2 is 1.81 bits per heavy atom. The van der Waals surface area contributed by atoms with Crippen LogP contribution >= 0.6 is 0 Å². The van der Waals surface area contributed by atoms with Crippen molar-refractivity contribution in [2.45, 2.75) is 38.5 Å². The van der Waals surface area contributed by atoms with E-state index in [9.17, 15) is 0 Å². The molecule has 0 atom stereocenters. The topological polar surface area (TPSA) is 36.3 Å². The highest BCUT2D eigenvalue weighted by Gasteiger charge is 2.36. The van der Waals surface area contributed by atoms with Crippen molar-refractivity contribution < 1.29 is 4.74 Å². The highest BCUT2D eigenvalue weighted by molar-refractivity contribution is 5.42. The molecule has 0 aromatic heterocycles. The van der Waals surface area contributed by atoms with Crippen LogP contribution in [0.1, 0.15) is 44.1 Å². The van der Waals surface area contributed by atoms with Gasteiger partial charge in [-0.05, 0) is 56.3 Å². The van der Waals surface area contributed by atoms with Crippen LogP contribution < -0.4 is 4.74 Å². The molecule has 1 saturated heterocycles. The Kier molecular flexibility index (Phi) is 4.45. The van der Waals surface area contributed by atoms with Gasteiger partial charge in [0, 0.05) is 6.54 Å². The zero-order valence-corrected chi connectivity index (χ0v) is 12.7. The summed E-state index contributed by atoms with van der Waals surface area (Å²) in [5.41, 5.74) is 1.31.